The average Bonchev–Trinajstić information content (AvgIpc) is 3.48. The second-order valence-electron chi connectivity index (χ2n) is 8.42. The summed E-state index contributed by atoms with van der Waals surface area (Å²) in [5.74, 6) is -1.73. The molecule has 0 saturated heterocycles. The van der Waals surface area contributed by atoms with Crippen molar-refractivity contribution in [2.45, 2.75) is 49.9 Å². The number of aromatic carboxylic acids is 1. The lowest BCUT2D eigenvalue weighted by Gasteiger charge is -2.39. The summed E-state index contributed by atoms with van der Waals surface area (Å²) in [7, 11) is -1.91. The van der Waals surface area contributed by atoms with E-state index in [2.05, 4.69) is 0 Å². The van der Waals surface area contributed by atoms with Crippen molar-refractivity contribution in [1.82, 2.24) is 9.47 Å². The molecule has 1 aromatic rings. The van der Waals surface area contributed by atoms with E-state index in [4.69, 9.17) is 0 Å². The molecule has 0 aromatic carbocycles. The Morgan fingerprint density at radius 1 is 1.22 bits per heavy atom. The molecular weight excluding hydrogens is 372 g/mol. The molecule has 2 fully saturated rings. The van der Waals surface area contributed by atoms with Gasteiger partial charge < -0.3 is 14.6 Å². The van der Waals surface area contributed by atoms with Gasteiger partial charge in [0.25, 0.3) is 11.5 Å². The summed E-state index contributed by atoms with van der Waals surface area (Å²) in [4.78, 5) is 38.0. The maximum Gasteiger partial charge on any atom is 0.341 e. The van der Waals surface area contributed by atoms with Crippen LogP contribution < -0.4 is 5.56 Å². The highest BCUT2D eigenvalue weighted by Gasteiger charge is 2.63. The molecule has 3 aliphatic rings. The van der Waals surface area contributed by atoms with E-state index in [0.717, 1.165) is 23.5 Å². The number of amides is 1. The minimum atomic E-state index is -3.47. The molecule has 8 nitrogen and oxygen atoms in total. The summed E-state index contributed by atoms with van der Waals surface area (Å²) >= 11 is 0. The normalized spacial score (nSPS) is 25.0. The largest absolute Gasteiger partial charge is 0.477 e. The zero-order valence-corrected chi connectivity index (χ0v) is 16.1. The lowest BCUT2D eigenvalue weighted by Crippen LogP contribution is -2.58. The van der Waals surface area contributed by atoms with Crippen LogP contribution in [0.4, 0.5) is 0 Å². The molecule has 4 rings (SSSR count). The van der Waals surface area contributed by atoms with Crippen LogP contribution in [0.25, 0.3) is 0 Å². The summed E-state index contributed by atoms with van der Waals surface area (Å²) < 4.78 is 26.4. The number of carbonyl (C=O) groups excluding carboxylic acids is 1. The third kappa shape index (κ3) is 2.62. The summed E-state index contributed by atoms with van der Waals surface area (Å²) in [6.45, 7) is 1.95. The van der Waals surface area contributed by atoms with E-state index in [1.807, 2.05) is 6.92 Å². The highest BCUT2D eigenvalue weighted by atomic mass is 32.2. The number of hydrogen-bond acceptors (Lipinski definition) is 5. The van der Waals surface area contributed by atoms with E-state index < -0.39 is 43.6 Å². The SMILES string of the molecule is CN1C(=O)c2ccc(C(=O)O)c(=O)n2CC1C1(S(=O)(=O)CC2(C)CC2)CC1. The Morgan fingerprint density at radius 3 is 2.37 bits per heavy atom. The summed E-state index contributed by atoms with van der Waals surface area (Å²) in [5.41, 5.74) is -1.29. The Morgan fingerprint density at radius 2 is 1.85 bits per heavy atom. The van der Waals surface area contributed by atoms with Crippen LogP contribution in [0, 0.1) is 5.41 Å². The highest BCUT2D eigenvalue weighted by molar-refractivity contribution is 7.93. The van der Waals surface area contributed by atoms with Crippen LogP contribution in [0.15, 0.2) is 16.9 Å². The second-order valence-corrected chi connectivity index (χ2v) is 10.8. The van der Waals surface area contributed by atoms with Gasteiger partial charge in [-0.05, 0) is 43.2 Å². The quantitative estimate of drug-likeness (QED) is 0.788. The first kappa shape index (κ1) is 18.2. The molecule has 1 N–H and O–H groups in total. The number of carbonyl (C=O) groups is 2. The van der Waals surface area contributed by atoms with Crippen molar-refractivity contribution >= 4 is 21.7 Å². The van der Waals surface area contributed by atoms with Crippen molar-refractivity contribution in [2.24, 2.45) is 5.41 Å². The molecule has 1 aromatic heterocycles. The number of fused-ring (bicyclic) bond motifs is 1. The molecule has 1 unspecified atom stereocenters. The van der Waals surface area contributed by atoms with E-state index in [-0.39, 0.29) is 23.4 Å². The molecule has 0 radical (unpaired) electrons. The summed E-state index contributed by atoms with van der Waals surface area (Å²) in [6, 6.07) is 1.77. The van der Waals surface area contributed by atoms with Crippen molar-refractivity contribution in [3.05, 3.63) is 33.7 Å². The van der Waals surface area contributed by atoms with Gasteiger partial charge in [-0.25, -0.2) is 13.2 Å². The van der Waals surface area contributed by atoms with Crippen LogP contribution in [-0.4, -0.2) is 58.5 Å². The van der Waals surface area contributed by atoms with Crippen molar-refractivity contribution in [3.8, 4) is 0 Å². The predicted octanol–water partition coefficient (Wildman–Crippen LogP) is 0.748. The lowest BCUT2D eigenvalue weighted by molar-refractivity contribution is 0.0625. The lowest BCUT2D eigenvalue weighted by atomic mass is 10.1. The van der Waals surface area contributed by atoms with E-state index in [1.54, 1.807) is 7.05 Å². The molecule has 146 valence electrons. The molecule has 1 amide bonds. The Balaban J connectivity index is 1.76. The van der Waals surface area contributed by atoms with Crippen LogP contribution >= 0.6 is 0 Å². The number of pyridine rings is 1. The van der Waals surface area contributed by atoms with Crippen molar-refractivity contribution in [3.63, 3.8) is 0 Å². The molecule has 0 bridgehead atoms. The zero-order valence-electron chi connectivity index (χ0n) is 15.3. The molecular formula is C18H22N2O6S. The van der Waals surface area contributed by atoms with Gasteiger partial charge in [0.1, 0.15) is 11.3 Å². The minimum Gasteiger partial charge on any atom is -0.477 e. The maximum atomic E-state index is 13.2. The van der Waals surface area contributed by atoms with Gasteiger partial charge in [0.05, 0.1) is 16.5 Å². The number of aromatic nitrogens is 1. The Bertz CT molecular complexity index is 1020. The Labute approximate surface area is 156 Å². The van der Waals surface area contributed by atoms with Crippen LogP contribution in [0.1, 0.15) is 53.5 Å². The number of carboxylic acids is 1. The van der Waals surface area contributed by atoms with Crippen LogP contribution in [0.3, 0.4) is 0 Å². The van der Waals surface area contributed by atoms with Crippen LogP contribution in [-0.2, 0) is 16.4 Å². The molecule has 1 aliphatic heterocycles. The van der Waals surface area contributed by atoms with E-state index in [0.29, 0.717) is 12.8 Å². The van der Waals surface area contributed by atoms with Crippen molar-refractivity contribution in [1.29, 1.82) is 0 Å². The van der Waals surface area contributed by atoms with Crippen molar-refractivity contribution < 1.29 is 23.1 Å². The van der Waals surface area contributed by atoms with Gasteiger partial charge in [0, 0.05) is 13.6 Å². The first-order valence-corrected chi connectivity index (χ1v) is 10.6. The molecule has 0 spiro atoms. The monoisotopic (exact) mass is 394 g/mol. The van der Waals surface area contributed by atoms with Gasteiger partial charge in [0.15, 0.2) is 9.84 Å². The highest BCUT2D eigenvalue weighted by Crippen LogP contribution is 2.54. The molecule has 1 atom stereocenters. The fourth-order valence-corrected chi connectivity index (χ4v) is 7.05. The van der Waals surface area contributed by atoms with Crippen molar-refractivity contribution in [2.75, 3.05) is 12.8 Å². The van der Waals surface area contributed by atoms with Gasteiger partial charge >= 0.3 is 5.97 Å². The topological polar surface area (TPSA) is 114 Å². The number of nitrogens with zero attached hydrogens (tertiary/aromatic N) is 2. The van der Waals surface area contributed by atoms with Gasteiger partial charge in [-0.2, -0.15) is 0 Å². The van der Waals surface area contributed by atoms with Gasteiger partial charge in [-0.3, -0.25) is 9.59 Å². The molecule has 2 saturated carbocycles. The first-order chi connectivity index (χ1) is 12.5. The Hall–Kier alpha value is -2.16. The standard InChI is InChI=1S/C18H22N2O6S/c1-17(5-6-17)10-27(25,26)18(7-8-18)13-9-20-12(15(22)19(13)2)4-3-11(14(20)21)16(23)24/h3-4,13H,5-10H2,1-2H3,(H,23,24). The molecule has 9 heteroatoms. The van der Waals surface area contributed by atoms with E-state index in [9.17, 15) is 27.9 Å². The second kappa shape index (κ2) is 5.43. The van der Waals surface area contributed by atoms with Crippen LogP contribution in [0.5, 0.6) is 0 Å². The van der Waals surface area contributed by atoms with Crippen LogP contribution in [0.2, 0.25) is 0 Å². The minimum absolute atomic E-state index is 0.00648. The number of rotatable bonds is 5. The predicted molar refractivity (Wildman–Crippen MR) is 96.6 cm³/mol. The zero-order chi connectivity index (χ0) is 19.8. The summed E-state index contributed by atoms with van der Waals surface area (Å²) in [6.07, 6.45) is 2.67. The number of hydrogen-bond donors (Lipinski definition) is 1. The number of likely N-dealkylation sites (N-methyl/N-ethyl adjacent to an activating group) is 1. The molecule has 27 heavy (non-hydrogen) atoms. The maximum absolute atomic E-state index is 13.2. The average molecular weight is 394 g/mol. The fourth-order valence-electron chi connectivity index (χ4n) is 4.18. The van der Waals surface area contributed by atoms with Gasteiger partial charge in [-0.15, -0.1) is 0 Å². The summed E-state index contributed by atoms with van der Waals surface area (Å²) in [5, 5.41) is 9.18. The molecule has 2 heterocycles. The third-order valence-corrected chi connectivity index (χ3v) is 9.37. The Kier molecular flexibility index (Phi) is 3.67. The molecule has 2 aliphatic carbocycles. The van der Waals surface area contributed by atoms with Gasteiger partial charge in [0.2, 0.25) is 0 Å². The fraction of sp³-hybridized carbons (Fsp3) is 0.611. The first-order valence-electron chi connectivity index (χ1n) is 8.98. The number of carboxylic acid groups (broad SMARTS) is 1. The van der Waals surface area contributed by atoms with E-state index >= 15 is 0 Å². The van der Waals surface area contributed by atoms with E-state index in [1.165, 1.54) is 11.0 Å². The number of sulfone groups is 1. The third-order valence-electron chi connectivity index (χ3n) is 6.38. The smallest absolute Gasteiger partial charge is 0.341 e. The van der Waals surface area contributed by atoms with Gasteiger partial charge in [-0.1, -0.05) is 6.92 Å².